The Labute approximate surface area is 130 Å². The molecule has 1 aromatic carbocycles. The third kappa shape index (κ3) is 4.43. The SMILES string of the molecule is O=S(=O)(NCCN1CCNCC1)c1cc(Br)c(F)cc1F. The summed E-state index contributed by atoms with van der Waals surface area (Å²) in [4.78, 5) is 1.55. The number of nitrogens with zero attached hydrogens (tertiary/aromatic N) is 1. The van der Waals surface area contributed by atoms with Crippen molar-refractivity contribution in [2.24, 2.45) is 0 Å². The second-order valence-corrected chi connectivity index (χ2v) is 7.28. The lowest BCUT2D eigenvalue weighted by Crippen LogP contribution is -2.46. The molecule has 1 aliphatic heterocycles. The number of rotatable bonds is 5. The molecule has 0 atom stereocenters. The van der Waals surface area contributed by atoms with Crippen LogP contribution in [0.15, 0.2) is 21.5 Å². The molecule has 1 saturated heterocycles. The van der Waals surface area contributed by atoms with Crippen molar-refractivity contribution < 1.29 is 17.2 Å². The van der Waals surface area contributed by atoms with Gasteiger partial charge in [0.2, 0.25) is 10.0 Å². The van der Waals surface area contributed by atoms with Gasteiger partial charge in [0.1, 0.15) is 16.5 Å². The van der Waals surface area contributed by atoms with Gasteiger partial charge in [-0.15, -0.1) is 0 Å². The lowest BCUT2D eigenvalue weighted by Gasteiger charge is -2.27. The molecule has 1 fully saturated rings. The number of halogens is 3. The van der Waals surface area contributed by atoms with Crippen LogP contribution in [-0.2, 0) is 10.0 Å². The van der Waals surface area contributed by atoms with Crippen molar-refractivity contribution >= 4 is 26.0 Å². The van der Waals surface area contributed by atoms with E-state index in [2.05, 4.69) is 30.9 Å². The maximum Gasteiger partial charge on any atom is 0.243 e. The number of piperazine rings is 1. The van der Waals surface area contributed by atoms with Crippen LogP contribution >= 0.6 is 15.9 Å². The van der Waals surface area contributed by atoms with Gasteiger partial charge in [-0.3, -0.25) is 4.90 Å². The first-order valence-corrected chi connectivity index (χ1v) is 8.75. The Morgan fingerprint density at radius 2 is 1.90 bits per heavy atom. The largest absolute Gasteiger partial charge is 0.314 e. The zero-order valence-corrected chi connectivity index (χ0v) is 13.6. The predicted molar refractivity (Wildman–Crippen MR) is 78.6 cm³/mol. The highest BCUT2D eigenvalue weighted by Crippen LogP contribution is 2.23. The lowest BCUT2D eigenvalue weighted by molar-refractivity contribution is 0.245. The van der Waals surface area contributed by atoms with E-state index >= 15 is 0 Å². The highest BCUT2D eigenvalue weighted by Gasteiger charge is 2.21. The van der Waals surface area contributed by atoms with Gasteiger partial charge in [-0.25, -0.2) is 21.9 Å². The monoisotopic (exact) mass is 383 g/mol. The van der Waals surface area contributed by atoms with Gasteiger partial charge in [0.15, 0.2) is 0 Å². The van der Waals surface area contributed by atoms with E-state index in [0.717, 1.165) is 32.2 Å². The molecule has 0 unspecified atom stereocenters. The van der Waals surface area contributed by atoms with Gasteiger partial charge in [0.05, 0.1) is 4.47 Å². The number of sulfonamides is 1. The van der Waals surface area contributed by atoms with E-state index in [9.17, 15) is 17.2 Å². The van der Waals surface area contributed by atoms with E-state index in [-0.39, 0.29) is 11.0 Å². The summed E-state index contributed by atoms with van der Waals surface area (Å²) in [6, 6.07) is 1.48. The molecular weight excluding hydrogens is 368 g/mol. The van der Waals surface area contributed by atoms with Crippen LogP contribution in [0.5, 0.6) is 0 Å². The highest BCUT2D eigenvalue weighted by molar-refractivity contribution is 9.10. The summed E-state index contributed by atoms with van der Waals surface area (Å²) < 4.78 is 53.0. The summed E-state index contributed by atoms with van der Waals surface area (Å²) in [6.07, 6.45) is 0. The fourth-order valence-electron chi connectivity index (χ4n) is 2.06. The second kappa shape index (κ2) is 7.10. The standard InChI is InChI=1S/C12H16BrF2N3O2S/c13-9-7-12(11(15)8-10(9)14)21(19,20)17-3-6-18-4-1-16-2-5-18/h7-8,16-17H,1-6H2. The molecule has 1 aromatic rings. The maximum atomic E-state index is 13.6. The Kier molecular flexibility index (Phi) is 5.67. The first kappa shape index (κ1) is 16.8. The van der Waals surface area contributed by atoms with Gasteiger partial charge >= 0.3 is 0 Å². The zero-order valence-electron chi connectivity index (χ0n) is 11.2. The smallest absolute Gasteiger partial charge is 0.243 e. The molecule has 0 aromatic heterocycles. The minimum Gasteiger partial charge on any atom is -0.314 e. The molecule has 21 heavy (non-hydrogen) atoms. The molecule has 5 nitrogen and oxygen atoms in total. The minimum absolute atomic E-state index is 0.0913. The quantitative estimate of drug-likeness (QED) is 0.742. The number of benzene rings is 1. The molecule has 0 saturated carbocycles. The second-order valence-electron chi connectivity index (χ2n) is 4.69. The molecule has 0 amide bonds. The molecule has 0 aliphatic carbocycles. The van der Waals surface area contributed by atoms with Gasteiger partial charge < -0.3 is 5.32 Å². The van der Waals surface area contributed by atoms with Crippen LogP contribution < -0.4 is 10.0 Å². The Hall–Kier alpha value is -0.610. The van der Waals surface area contributed by atoms with Gasteiger partial charge in [-0.1, -0.05) is 0 Å². The van der Waals surface area contributed by atoms with Crippen molar-refractivity contribution in [3.8, 4) is 0 Å². The third-order valence-corrected chi connectivity index (χ3v) is 5.28. The van der Waals surface area contributed by atoms with Crippen molar-refractivity contribution in [2.45, 2.75) is 4.90 Å². The molecule has 0 spiro atoms. The normalized spacial score (nSPS) is 17.1. The maximum absolute atomic E-state index is 13.6. The van der Waals surface area contributed by atoms with E-state index in [1.807, 2.05) is 0 Å². The van der Waals surface area contributed by atoms with E-state index in [0.29, 0.717) is 12.6 Å². The fraction of sp³-hybridized carbons (Fsp3) is 0.500. The fourth-order valence-corrected chi connectivity index (χ4v) is 3.66. The Bertz CT molecular complexity index is 607. The molecular formula is C12H16BrF2N3O2S. The van der Waals surface area contributed by atoms with Crippen LogP contribution in [0.25, 0.3) is 0 Å². The summed E-state index contributed by atoms with van der Waals surface area (Å²) in [5.41, 5.74) is 0. The van der Waals surface area contributed by atoms with Crippen LogP contribution in [0, 0.1) is 11.6 Å². The van der Waals surface area contributed by atoms with E-state index in [4.69, 9.17) is 0 Å². The van der Waals surface area contributed by atoms with E-state index < -0.39 is 26.6 Å². The molecule has 9 heteroatoms. The number of hydrogen-bond donors (Lipinski definition) is 2. The molecule has 2 rings (SSSR count). The van der Waals surface area contributed by atoms with Crippen molar-refractivity contribution in [3.63, 3.8) is 0 Å². The van der Waals surface area contributed by atoms with Crippen molar-refractivity contribution in [1.82, 2.24) is 14.9 Å². The molecule has 0 bridgehead atoms. The first-order valence-electron chi connectivity index (χ1n) is 6.47. The molecule has 2 N–H and O–H groups in total. The molecule has 0 radical (unpaired) electrons. The van der Waals surface area contributed by atoms with E-state index in [1.54, 1.807) is 0 Å². The minimum atomic E-state index is -3.99. The van der Waals surface area contributed by atoms with Crippen LogP contribution in [0.4, 0.5) is 8.78 Å². The Balaban J connectivity index is 1.99. The summed E-state index contributed by atoms with van der Waals surface area (Å²) in [5, 5.41) is 3.20. The molecule has 1 heterocycles. The summed E-state index contributed by atoms with van der Waals surface area (Å²) in [7, 11) is -3.99. The Morgan fingerprint density at radius 3 is 2.57 bits per heavy atom. The average molecular weight is 384 g/mol. The molecule has 118 valence electrons. The summed E-state index contributed by atoms with van der Waals surface area (Å²) in [5.74, 6) is -1.95. The molecule has 1 aliphatic rings. The third-order valence-electron chi connectivity index (χ3n) is 3.19. The van der Waals surface area contributed by atoms with E-state index in [1.165, 1.54) is 0 Å². The predicted octanol–water partition coefficient (Wildman–Crippen LogP) is 0.911. The topological polar surface area (TPSA) is 61.4 Å². The lowest BCUT2D eigenvalue weighted by atomic mass is 10.3. The van der Waals surface area contributed by atoms with Gasteiger partial charge in [0, 0.05) is 45.3 Å². The number of hydrogen-bond acceptors (Lipinski definition) is 4. The van der Waals surface area contributed by atoms with Crippen molar-refractivity contribution in [1.29, 1.82) is 0 Å². The number of nitrogens with one attached hydrogen (secondary N) is 2. The van der Waals surface area contributed by atoms with Crippen LogP contribution in [0.3, 0.4) is 0 Å². The summed E-state index contributed by atoms with van der Waals surface area (Å²) in [6.45, 7) is 4.15. The first-order chi connectivity index (χ1) is 9.90. The highest BCUT2D eigenvalue weighted by atomic mass is 79.9. The van der Waals surface area contributed by atoms with Crippen molar-refractivity contribution in [2.75, 3.05) is 39.3 Å². The average Bonchev–Trinajstić information content (AvgIpc) is 2.43. The van der Waals surface area contributed by atoms with Gasteiger partial charge in [-0.05, 0) is 22.0 Å². The Morgan fingerprint density at radius 1 is 1.24 bits per heavy atom. The van der Waals surface area contributed by atoms with Gasteiger partial charge in [-0.2, -0.15) is 0 Å². The van der Waals surface area contributed by atoms with Gasteiger partial charge in [0.25, 0.3) is 0 Å². The van der Waals surface area contributed by atoms with Crippen LogP contribution in [0.2, 0.25) is 0 Å². The van der Waals surface area contributed by atoms with Crippen LogP contribution in [0.1, 0.15) is 0 Å². The van der Waals surface area contributed by atoms with Crippen molar-refractivity contribution in [3.05, 3.63) is 28.2 Å². The zero-order chi connectivity index (χ0) is 15.5. The van der Waals surface area contributed by atoms with Crippen LogP contribution in [-0.4, -0.2) is 52.6 Å². The summed E-state index contributed by atoms with van der Waals surface area (Å²) >= 11 is 2.85.